The van der Waals surface area contributed by atoms with Crippen LogP contribution in [0.2, 0.25) is 0 Å². The van der Waals surface area contributed by atoms with E-state index in [0.717, 1.165) is 25.9 Å². The van der Waals surface area contributed by atoms with Gasteiger partial charge in [-0.25, -0.2) is 0 Å². The fourth-order valence-electron chi connectivity index (χ4n) is 1.75. The molecule has 4 nitrogen and oxygen atoms in total. The monoisotopic (exact) mass is 214 g/mol. The van der Waals surface area contributed by atoms with Gasteiger partial charge in [0, 0.05) is 13.2 Å². The highest BCUT2D eigenvalue weighted by atomic mass is 16.5. The fourth-order valence-corrected chi connectivity index (χ4v) is 1.75. The van der Waals surface area contributed by atoms with E-state index >= 15 is 0 Å². The van der Waals surface area contributed by atoms with Crippen molar-refractivity contribution in [3.8, 4) is 0 Å². The molecule has 1 N–H and O–H groups in total. The van der Waals surface area contributed by atoms with Crippen LogP contribution in [0.5, 0.6) is 0 Å². The van der Waals surface area contributed by atoms with E-state index in [9.17, 15) is 4.79 Å². The van der Waals surface area contributed by atoms with Gasteiger partial charge in [-0.3, -0.25) is 10.1 Å². The lowest BCUT2D eigenvalue weighted by Crippen LogP contribution is -2.39. The number of nitrogens with zero attached hydrogens (tertiary/aromatic N) is 1. The Morgan fingerprint density at radius 2 is 2.27 bits per heavy atom. The SMILES string of the molecule is CCCCOCCN1C(=O)CNC1CC. The second-order valence-electron chi connectivity index (χ2n) is 3.86. The molecule has 1 saturated heterocycles. The third-order valence-corrected chi connectivity index (χ3v) is 2.69. The van der Waals surface area contributed by atoms with Crippen LogP contribution >= 0.6 is 0 Å². The summed E-state index contributed by atoms with van der Waals surface area (Å²) in [6.45, 7) is 6.89. The zero-order valence-corrected chi connectivity index (χ0v) is 9.79. The summed E-state index contributed by atoms with van der Waals surface area (Å²) >= 11 is 0. The first-order chi connectivity index (χ1) is 7.29. The molecule has 0 bridgehead atoms. The summed E-state index contributed by atoms with van der Waals surface area (Å²) in [5.74, 6) is 0.195. The number of rotatable bonds is 7. The van der Waals surface area contributed by atoms with Crippen LogP contribution in [0.3, 0.4) is 0 Å². The van der Waals surface area contributed by atoms with Crippen LogP contribution in [-0.2, 0) is 9.53 Å². The highest BCUT2D eigenvalue weighted by Crippen LogP contribution is 2.07. The third-order valence-electron chi connectivity index (χ3n) is 2.69. The van der Waals surface area contributed by atoms with Crippen molar-refractivity contribution in [2.24, 2.45) is 0 Å². The molecule has 0 aromatic carbocycles. The molecule has 1 rings (SSSR count). The molecule has 0 spiro atoms. The number of hydrogen-bond donors (Lipinski definition) is 1. The minimum absolute atomic E-state index is 0.195. The molecule has 1 fully saturated rings. The molecule has 1 unspecified atom stereocenters. The molecular formula is C11H22N2O2. The molecule has 1 aliphatic rings. The topological polar surface area (TPSA) is 41.6 Å². The number of amides is 1. The molecule has 0 saturated carbocycles. The zero-order chi connectivity index (χ0) is 11.1. The van der Waals surface area contributed by atoms with Crippen molar-refractivity contribution in [2.75, 3.05) is 26.3 Å². The van der Waals surface area contributed by atoms with Crippen molar-refractivity contribution >= 4 is 5.91 Å². The van der Waals surface area contributed by atoms with Gasteiger partial charge in [0.05, 0.1) is 19.3 Å². The Kier molecular flexibility index (Phi) is 5.65. The smallest absolute Gasteiger partial charge is 0.237 e. The number of unbranched alkanes of at least 4 members (excludes halogenated alkanes) is 1. The van der Waals surface area contributed by atoms with Crippen LogP contribution in [0.25, 0.3) is 0 Å². The van der Waals surface area contributed by atoms with Gasteiger partial charge >= 0.3 is 0 Å². The Morgan fingerprint density at radius 1 is 1.47 bits per heavy atom. The van der Waals surface area contributed by atoms with Crippen LogP contribution < -0.4 is 5.32 Å². The Bertz CT molecular complexity index is 197. The first-order valence-corrected chi connectivity index (χ1v) is 5.90. The van der Waals surface area contributed by atoms with Crippen molar-refractivity contribution in [1.29, 1.82) is 0 Å². The van der Waals surface area contributed by atoms with E-state index < -0.39 is 0 Å². The van der Waals surface area contributed by atoms with Crippen LogP contribution in [-0.4, -0.2) is 43.3 Å². The van der Waals surface area contributed by atoms with Gasteiger partial charge in [0.1, 0.15) is 0 Å². The van der Waals surface area contributed by atoms with Crippen molar-refractivity contribution in [3.63, 3.8) is 0 Å². The molecule has 1 amide bonds. The maximum Gasteiger partial charge on any atom is 0.237 e. The van der Waals surface area contributed by atoms with Gasteiger partial charge in [-0.15, -0.1) is 0 Å². The largest absolute Gasteiger partial charge is 0.380 e. The zero-order valence-electron chi connectivity index (χ0n) is 9.79. The Balaban J connectivity index is 2.15. The van der Waals surface area contributed by atoms with Gasteiger partial charge in [-0.1, -0.05) is 20.3 Å². The Hall–Kier alpha value is -0.610. The first kappa shape index (κ1) is 12.5. The van der Waals surface area contributed by atoms with Gasteiger partial charge in [0.2, 0.25) is 5.91 Å². The molecule has 0 aromatic rings. The van der Waals surface area contributed by atoms with Crippen molar-refractivity contribution in [3.05, 3.63) is 0 Å². The average Bonchev–Trinajstić information content (AvgIpc) is 2.60. The number of carbonyl (C=O) groups is 1. The number of ether oxygens (including phenoxy) is 1. The lowest BCUT2D eigenvalue weighted by molar-refractivity contribution is -0.128. The maximum atomic E-state index is 11.5. The molecule has 15 heavy (non-hydrogen) atoms. The molecule has 1 aliphatic heterocycles. The van der Waals surface area contributed by atoms with E-state index in [2.05, 4.69) is 19.2 Å². The summed E-state index contributed by atoms with van der Waals surface area (Å²) < 4.78 is 5.46. The quantitative estimate of drug-likeness (QED) is 0.642. The predicted octanol–water partition coefficient (Wildman–Crippen LogP) is 0.971. The molecule has 0 aliphatic carbocycles. The predicted molar refractivity (Wildman–Crippen MR) is 59.5 cm³/mol. The Labute approximate surface area is 92.0 Å². The van der Waals surface area contributed by atoms with Crippen molar-refractivity contribution < 1.29 is 9.53 Å². The van der Waals surface area contributed by atoms with E-state index in [1.807, 2.05) is 4.90 Å². The normalized spacial score (nSPS) is 21.3. The van der Waals surface area contributed by atoms with E-state index in [1.165, 1.54) is 0 Å². The van der Waals surface area contributed by atoms with E-state index in [0.29, 0.717) is 19.7 Å². The van der Waals surface area contributed by atoms with Crippen LogP contribution in [0.1, 0.15) is 33.1 Å². The van der Waals surface area contributed by atoms with Gasteiger partial charge in [0.25, 0.3) is 0 Å². The summed E-state index contributed by atoms with van der Waals surface area (Å²) in [4.78, 5) is 13.4. The summed E-state index contributed by atoms with van der Waals surface area (Å²) in [6, 6.07) is 0. The highest BCUT2D eigenvalue weighted by molar-refractivity contribution is 5.80. The van der Waals surface area contributed by atoms with E-state index in [1.54, 1.807) is 0 Å². The standard InChI is InChI=1S/C11H22N2O2/c1-3-5-7-15-8-6-13-10(4-2)12-9-11(13)14/h10,12H,3-9H2,1-2H3. The average molecular weight is 214 g/mol. The molecule has 0 radical (unpaired) electrons. The summed E-state index contributed by atoms with van der Waals surface area (Å²) in [7, 11) is 0. The summed E-state index contributed by atoms with van der Waals surface area (Å²) in [5, 5.41) is 3.18. The number of hydrogen-bond acceptors (Lipinski definition) is 3. The minimum atomic E-state index is 0.195. The molecule has 1 atom stereocenters. The van der Waals surface area contributed by atoms with Gasteiger partial charge in [-0.2, -0.15) is 0 Å². The third kappa shape index (κ3) is 3.80. The molecule has 1 heterocycles. The van der Waals surface area contributed by atoms with Gasteiger partial charge < -0.3 is 9.64 Å². The van der Waals surface area contributed by atoms with Gasteiger partial charge in [-0.05, 0) is 12.8 Å². The molecular weight excluding hydrogens is 192 g/mol. The Morgan fingerprint density at radius 3 is 2.93 bits per heavy atom. The van der Waals surface area contributed by atoms with E-state index in [-0.39, 0.29) is 12.1 Å². The van der Waals surface area contributed by atoms with Crippen molar-refractivity contribution in [1.82, 2.24) is 10.2 Å². The molecule has 0 aromatic heterocycles. The summed E-state index contributed by atoms with van der Waals surface area (Å²) in [5.41, 5.74) is 0. The fraction of sp³-hybridized carbons (Fsp3) is 0.909. The maximum absolute atomic E-state index is 11.5. The highest BCUT2D eigenvalue weighted by Gasteiger charge is 2.28. The first-order valence-electron chi connectivity index (χ1n) is 5.90. The number of carbonyl (C=O) groups excluding carboxylic acids is 1. The van der Waals surface area contributed by atoms with Crippen molar-refractivity contribution in [2.45, 2.75) is 39.3 Å². The lowest BCUT2D eigenvalue weighted by Gasteiger charge is -2.22. The molecule has 88 valence electrons. The number of nitrogens with one attached hydrogen (secondary N) is 1. The van der Waals surface area contributed by atoms with Crippen LogP contribution in [0.4, 0.5) is 0 Å². The lowest BCUT2D eigenvalue weighted by atomic mass is 10.3. The van der Waals surface area contributed by atoms with E-state index in [4.69, 9.17) is 4.74 Å². The van der Waals surface area contributed by atoms with Gasteiger partial charge in [0.15, 0.2) is 0 Å². The second kappa shape index (κ2) is 6.80. The second-order valence-corrected chi connectivity index (χ2v) is 3.86. The van der Waals surface area contributed by atoms with Crippen LogP contribution in [0.15, 0.2) is 0 Å². The minimum Gasteiger partial charge on any atom is -0.380 e. The summed E-state index contributed by atoms with van der Waals surface area (Å²) in [6.07, 6.45) is 3.43. The molecule has 4 heteroatoms. The van der Waals surface area contributed by atoms with Crippen LogP contribution in [0, 0.1) is 0 Å².